The zero-order chi connectivity index (χ0) is 15.7. The summed E-state index contributed by atoms with van der Waals surface area (Å²) in [5, 5.41) is 24.4. The second-order valence-electron chi connectivity index (χ2n) is 5.53. The summed E-state index contributed by atoms with van der Waals surface area (Å²) in [5.41, 5.74) is 6.32. The van der Waals surface area contributed by atoms with Gasteiger partial charge in [0.15, 0.2) is 5.65 Å². The van der Waals surface area contributed by atoms with Crippen molar-refractivity contribution in [2.45, 2.75) is 31.5 Å². The Hall–Kier alpha value is -2.26. The first-order chi connectivity index (χ1) is 10.5. The zero-order valence-electron chi connectivity index (χ0n) is 12.3. The third-order valence-electron chi connectivity index (χ3n) is 3.83. The number of carbonyl (C=O) groups excluding carboxylic acids is 1. The second kappa shape index (κ2) is 5.85. The summed E-state index contributed by atoms with van der Waals surface area (Å²) in [7, 11) is 0. The normalized spacial score (nSPS) is 21.0. The molecule has 1 unspecified atom stereocenters. The molecule has 0 saturated carbocycles. The molecule has 3 rings (SSSR count). The molecule has 9 heteroatoms. The fourth-order valence-corrected chi connectivity index (χ4v) is 2.49. The maximum absolute atomic E-state index is 11.9. The van der Waals surface area contributed by atoms with Crippen molar-refractivity contribution in [3.05, 3.63) is 18.5 Å². The predicted molar refractivity (Wildman–Crippen MR) is 79.2 cm³/mol. The van der Waals surface area contributed by atoms with Crippen molar-refractivity contribution in [2.24, 2.45) is 5.73 Å². The Kier molecular flexibility index (Phi) is 3.90. The highest BCUT2D eigenvalue weighted by atomic mass is 16.3. The molecule has 4 N–H and O–H groups in total. The third-order valence-corrected chi connectivity index (χ3v) is 3.83. The molecule has 2 aromatic heterocycles. The van der Waals surface area contributed by atoms with Gasteiger partial charge in [-0.2, -0.15) is 4.52 Å². The third kappa shape index (κ3) is 2.85. The Morgan fingerprint density at radius 1 is 1.55 bits per heavy atom. The van der Waals surface area contributed by atoms with E-state index in [-0.39, 0.29) is 11.9 Å². The van der Waals surface area contributed by atoms with Crippen molar-refractivity contribution in [3.8, 4) is 0 Å². The molecule has 0 aromatic carbocycles. The Morgan fingerprint density at radius 3 is 3.14 bits per heavy atom. The van der Waals surface area contributed by atoms with Crippen molar-refractivity contribution in [1.82, 2.24) is 25.1 Å². The van der Waals surface area contributed by atoms with E-state index in [2.05, 4.69) is 25.5 Å². The number of rotatable bonds is 4. The highest BCUT2D eigenvalue weighted by Gasteiger charge is 2.28. The predicted octanol–water partition coefficient (Wildman–Crippen LogP) is -1.47. The number of hydrogen-bond acceptors (Lipinski definition) is 7. The smallest absolute Gasteiger partial charge is 0.239 e. The SMILES string of the molecule is C[C@@H](O)[C@H](N)C(=O)NC1CCN(c2ccc3nncn3n2)C1. The fourth-order valence-electron chi connectivity index (χ4n) is 2.49. The molecule has 1 fully saturated rings. The van der Waals surface area contributed by atoms with Gasteiger partial charge in [-0.1, -0.05) is 0 Å². The summed E-state index contributed by atoms with van der Waals surface area (Å²) in [4.78, 5) is 14.0. The Morgan fingerprint density at radius 2 is 2.36 bits per heavy atom. The van der Waals surface area contributed by atoms with Crippen LogP contribution in [0.5, 0.6) is 0 Å². The van der Waals surface area contributed by atoms with Crippen molar-refractivity contribution in [3.63, 3.8) is 0 Å². The van der Waals surface area contributed by atoms with Crippen LogP contribution in [-0.4, -0.2) is 62.1 Å². The Labute approximate surface area is 127 Å². The minimum Gasteiger partial charge on any atom is -0.391 e. The summed E-state index contributed by atoms with van der Waals surface area (Å²) >= 11 is 0. The van der Waals surface area contributed by atoms with E-state index < -0.39 is 12.1 Å². The average Bonchev–Trinajstić information content (AvgIpc) is 3.13. The van der Waals surface area contributed by atoms with Crippen LogP contribution in [0.4, 0.5) is 5.82 Å². The second-order valence-corrected chi connectivity index (χ2v) is 5.53. The molecule has 0 radical (unpaired) electrons. The molecule has 118 valence electrons. The molecule has 2 aromatic rings. The first-order valence-corrected chi connectivity index (χ1v) is 7.20. The topological polar surface area (TPSA) is 122 Å². The van der Waals surface area contributed by atoms with Gasteiger partial charge in [-0.25, -0.2) is 0 Å². The summed E-state index contributed by atoms with van der Waals surface area (Å²) in [6.07, 6.45) is 1.49. The largest absolute Gasteiger partial charge is 0.391 e. The van der Waals surface area contributed by atoms with Crippen LogP contribution in [0.3, 0.4) is 0 Å². The van der Waals surface area contributed by atoms with Crippen LogP contribution in [0, 0.1) is 0 Å². The first kappa shape index (κ1) is 14.7. The summed E-state index contributed by atoms with van der Waals surface area (Å²) in [5.74, 6) is 0.480. The van der Waals surface area contributed by atoms with Crippen molar-refractivity contribution < 1.29 is 9.90 Å². The highest BCUT2D eigenvalue weighted by Crippen LogP contribution is 2.18. The first-order valence-electron chi connectivity index (χ1n) is 7.20. The molecule has 0 aliphatic carbocycles. The lowest BCUT2D eigenvalue weighted by molar-refractivity contribution is -0.125. The van der Waals surface area contributed by atoms with E-state index in [0.717, 1.165) is 18.8 Å². The molecule has 1 aliphatic rings. The van der Waals surface area contributed by atoms with Gasteiger partial charge in [0.1, 0.15) is 18.2 Å². The van der Waals surface area contributed by atoms with Gasteiger partial charge in [0, 0.05) is 19.1 Å². The lowest BCUT2D eigenvalue weighted by Crippen LogP contribution is -2.50. The molecule has 1 amide bonds. The van der Waals surface area contributed by atoms with E-state index in [1.165, 1.54) is 6.92 Å². The molecule has 3 heterocycles. The number of nitrogens with two attached hydrogens (primary N) is 1. The number of carbonyl (C=O) groups is 1. The van der Waals surface area contributed by atoms with Gasteiger partial charge in [-0.15, -0.1) is 15.3 Å². The Bertz CT molecular complexity index is 671. The quantitative estimate of drug-likeness (QED) is 0.630. The highest BCUT2D eigenvalue weighted by molar-refractivity contribution is 5.82. The molecule has 22 heavy (non-hydrogen) atoms. The summed E-state index contributed by atoms with van der Waals surface area (Å²) in [6.45, 7) is 2.94. The minimum atomic E-state index is -0.902. The zero-order valence-corrected chi connectivity index (χ0v) is 12.3. The van der Waals surface area contributed by atoms with E-state index in [1.54, 1.807) is 10.8 Å². The molecule has 0 bridgehead atoms. The molecule has 3 atom stereocenters. The van der Waals surface area contributed by atoms with Gasteiger partial charge in [-0.3, -0.25) is 4.79 Å². The van der Waals surface area contributed by atoms with Gasteiger partial charge >= 0.3 is 0 Å². The van der Waals surface area contributed by atoms with Crippen LogP contribution >= 0.6 is 0 Å². The molecular formula is C13H19N7O2. The van der Waals surface area contributed by atoms with Gasteiger partial charge in [-0.05, 0) is 25.5 Å². The maximum atomic E-state index is 11.9. The number of amides is 1. The molecule has 0 spiro atoms. The van der Waals surface area contributed by atoms with Gasteiger partial charge < -0.3 is 21.1 Å². The number of anilines is 1. The number of aromatic nitrogens is 4. The van der Waals surface area contributed by atoms with E-state index in [4.69, 9.17) is 5.73 Å². The summed E-state index contributed by atoms with van der Waals surface area (Å²) < 4.78 is 1.62. The van der Waals surface area contributed by atoms with Crippen LogP contribution < -0.4 is 16.0 Å². The van der Waals surface area contributed by atoms with E-state index in [1.807, 2.05) is 12.1 Å². The monoisotopic (exact) mass is 305 g/mol. The average molecular weight is 305 g/mol. The standard InChI is InChI=1S/C13H19N7O2/c1-8(21)12(14)13(22)16-9-4-5-19(6-9)11-3-2-10-17-15-7-20(10)18-11/h2-3,7-9,12,21H,4-6,14H2,1H3,(H,16,22)/t8-,9?,12+/m1/s1. The number of aliphatic hydroxyl groups is 1. The summed E-state index contributed by atoms with van der Waals surface area (Å²) in [6, 6.07) is 2.83. The molecule has 1 aliphatic heterocycles. The molecule has 9 nitrogen and oxygen atoms in total. The number of nitrogens with zero attached hydrogens (tertiary/aromatic N) is 5. The Balaban J connectivity index is 1.63. The lowest BCUT2D eigenvalue weighted by atomic mass is 10.1. The van der Waals surface area contributed by atoms with Crippen molar-refractivity contribution >= 4 is 17.4 Å². The van der Waals surface area contributed by atoms with Crippen molar-refractivity contribution in [2.75, 3.05) is 18.0 Å². The van der Waals surface area contributed by atoms with Crippen LogP contribution in [0.25, 0.3) is 5.65 Å². The van der Waals surface area contributed by atoms with Crippen LogP contribution in [0.15, 0.2) is 18.5 Å². The lowest BCUT2D eigenvalue weighted by Gasteiger charge is -2.20. The van der Waals surface area contributed by atoms with Crippen LogP contribution in [-0.2, 0) is 4.79 Å². The van der Waals surface area contributed by atoms with Gasteiger partial charge in [0.25, 0.3) is 0 Å². The molecular weight excluding hydrogens is 286 g/mol. The van der Waals surface area contributed by atoms with Crippen molar-refractivity contribution in [1.29, 1.82) is 0 Å². The minimum absolute atomic E-state index is 0.00397. The fraction of sp³-hybridized carbons (Fsp3) is 0.538. The van der Waals surface area contributed by atoms with E-state index in [0.29, 0.717) is 12.2 Å². The van der Waals surface area contributed by atoms with E-state index >= 15 is 0 Å². The number of hydrogen-bond donors (Lipinski definition) is 3. The number of fused-ring (bicyclic) bond motifs is 1. The van der Waals surface area contributed by atoms with Crippen LogP contribution in [0.1, 0.15) is 13.3 Å². The van der Waals surface area contributed by atoms with Gasteiger partial charge in [0.05, 0.1) is 6.10 Å². The van der Waals surface area contributed by atoms with Gasteiger partial charge in [0.2, 0.25) is 5.91 Å². The maximum Gasteiger partial charge on any atom is 0.239 e. The molecule has 1 saturated heterocycles. The van der Waals surface area contributed by atoms with Crippen LogP contribution in [0.2, 0.25) is 0 Å². The number of nitrogens with one attached hydrogen (secondary N) is 1. The van der Waals surface area contributed by atoms with E-state index in [9.17, 15) is 9.90 Å². The number of aliphatic hydroxyl groups excluding tert-OH is 1.